The topological polar surface area (TPSA) is 66.8 Å². The van der Waals surface area contributed by atoms with Crippen LogP contribution in [0, 0.1) is 6.92 Å². The number of carbonyl (C=O) groups is 2. The van der Waals surface area contributed by atoms with Gasteiger partial charge in [-0.25, -0.2) is 0 Å². The van der Waals surface area contributed by atoms with Gasteiger partial charge >= 0.3 is 0 Å². The first-order valence-electron chi connectivity index (χ1n) is 12.3. The van der Waals surface area contributed by atoms with Gasteiger partial charge in [-0.15, -0.1) is 0 Å². The summed E-state index contributed by atoms with van der Waals surface area (Å²) in [4.78, 5) is 28.2. The lowest BCUT2D eigenvalue weighted by atomic mass is 9.87. The van der Waals surface area contributed by atoms with E-state index < -0.39 is 17.7 Å². The highest BCUT2D eigenvalue weighted by atomic mass is 16.5. The highest BCUT2D eigenvalue weighted by Gasteiger charge is 2.47. The summed E-state index contributed by atoms with van der Waals surface area (Å²) < 4.78 is 5.76. The summed E-state index contributed by atoms with van der Waals surface area (Å²) in [5.41, 5.74) is 3.83. The summed E-state index contributed by atoms with van der Waals surface area (Å²) in [7, 11) is 0. The van der Waals surface area contributed by atoms with Crippen molar-refractivity contribution in [1.82, 2.24) is 0 Å². The van der Waals surface area contributed by atoms with Crippen LogP contribution in [0.2, 0.25) is 0 Å². The van der Waals surface area contributed by atoms with Gasteiger partial charge in [0, 0.05) is 11.3 Å². The number of nitrogens with zero attached hydrogens (tertiary/aromatic N) is 1. The minimum Gasteiger partial charge on any atom is -0.507 e. The first-order chi connectivity index (χ1) is 17.1. The lowest BCUT2D eigenvalue weighted by Gasteiger charge is -2.26. The highest BCUT2D eigenvalue weighted by molar-refractivity contribution is 6.51. The number of aryl methyl sites for hydroxylation is 1. The normalized spacial score (nSPS) is 17.5. The predicted octanol–water partition coefficient (Wildman–Crippen LogP) is 6.71. The number of hydrogen-bond donors (Lipinski definition) is 1. The largest absolute Gasteiger partial charge is 0.507 e. The van der Waals surface area contributed by atoms with Crippen molar-refractivity contribution in [3.05, 3.63) is 101 Å². The molecule has 186 valence electrons. The van der Waals surface area contributed by atoms with Gasteiger partial charge in [0.15, 0.2) is 0 Å². The van der Waals surface area contributed by atoms with Crippen molar-refractivity contribution in [2.75, 3.05) is 11.5 Å². The fraction of sp³-hybridized carbons (Fsp3) is 0.290. The first kappa shape index (κ1) is 25.2. The molecule has 5 nitrogen and oxygen atoms in total. The van der Waals surface area contributed by atoms with Crippen molar-refractivity contribution >= 4 is 23.1 Å². The van der Waals surface area contributed by atoms with Gasteiger partial charge in [-0.3, -0.25) is 14.5 Å². The molecule has 1 aliphatic rings. The van der Waals surface area contributed by atoms with E-state index in [4.69, 9.17) is 4.74 Å². The van der Waals surface area contributed by atoms with Crippen molar-refractivity contribution in [2.24, 2.45) is 0 Å². The molecule has 4 rings (SSSR count). The van der Waals surface area contributed by atoms with Crippen LogP contribution in [0.15, 0.2) is 78.4 Å². The summed E-state index contributed by atoms with van der Waals surface area (Å²) in [5, 5.41) is 11.4. The van der Waals surface area contributed by atoms with Crippen LogP contribution in [0.5, 0.6) is 5.75 Å². The van der Waals surface area contributed by atoms with Gasteiger partial charge in [0.1, 0.15) is 11.5 Å². The molecule has 3 aromatic rings. The summed E-state index contributed by atoms with van der Waals surface area (Å²) in [5.74, 6) is -0.827. The van der Waals surface area contributed by atoms with Crippen molar-refractivity contribution in [2.45, 2.75) is 52.5 Å². The number of ether oxygens (including phenoxy) is 1. The van der Waals surface area contributed by atoms with Crippen LogP contribution in [0.3, 0.4) is 0 Å². The van der Waals surface area contributed by atoms with E-state index in [9.17, 15) is 14.7 Å². The lowest BCUT2D eigenvalue weighted by Crippen LogP contribution is -2.29. The molecule has 1 heterocycles. The smallest absolute Gasteiger partial charge is 0.300 e. The van der Waals surface area contributed by atoms with Crippen LogP contribution in [0.25, 0.3) is 5.76 Å². The molecular formula is C31H33NO4. The number of aliphatic hydroxyl groups is 1. The molecule has 1 atom stereocenters. The maximum Gasteiger partial charge on any atom is 0.300 e. The highest BCUT2D eigenvalue weighted by Crippen LogP contribution is 2.42. The number of rotatable bonds is 6. The van der Waals surface area contributed by atoms with Crippen LogP contribution in [0.4, 0.5) is 5.69 Å². The zero-order chi connectivity index (χ0) is 26.0. The van der Waals surface area contributed by atoms with Crippen molar-refractivity contribution < 1.29 is 19.4 Å². The first-order valence-corrected chi connectivity index (χ1v) is 12.3. The lowest BCUT2D eigenvalue weighted by molar-refractivity contribution is -0.132. The Hall–Kier alpha value is -3.86. The Morgan fingerprint density at radius 1 is 0.972 bits per heavy atom. The molecule has 0 spiro atoms. The molecule has 0 radical (unpaired) electrons. The zero-order valence-electron chi connectivity index (χ0n) is 21.5. The molecule has 0 saturated carbocycles. The van der Waals surface area contributed by atoms with Crippen molar-refractivity contribution in [1.29, 1.82) is 0 Å². The summed E-state index contributed by atoms with van der Waals surface area (Å²) in [6.45, 7) is 10.9. The number of carbonyl (C=O) groups excluding carboxylic acids is 2. The molecule has 1 aliphatic heterocycles. The number of anilines is 1. The molecule has 1 unspecified atom stereocenters. The Bertz CT molecular complexity index is 1300. The third kappa shape index (κ3) is 4.78. The fourth-order valence-electron chi connectivity index (χ4n) is 4.50. The molecule has 0 aliphatic carbocycles. The molecule has 3 aromatic carbocycles. The molecule has 5 heteroatoms. The third-order valence-corrected chi connectivity index (χ3v) is 6.48. The monoisotopic (exact) mass is 483 g/mol. The Kier molecular flexibility index (Phi) is 7.02. The van der Waals surface area contributed by atoms with E-state index in [1.807, 2.05) is 68.4 Å². The van der Waals surface area contributed by atoms with Crippen LogP contribution < -0.4 is 9.64 Å². The second kappa shape index (κ2) is 10.0. The van der Waals surface area contributed by atoms with E-state index in [0.29, 0.717) is 17.9 Å². The molecule has 36 heavy (non-hydrogen) atoms. The third-order valence-electron chi connectivity index (χ3n) is 6.48. The zero-order valence-corrected chi connectivity index (χ0v) is 21.5. The van der Waals surface area contributed by atoms with Crippen molar-refractivity contribution in [3.63, 3.8) is 0 Å². The van der Waals surface area contributed by atoms with E-state index in [-0.39, 0.29) is 16.7 Å². The van der Waals surface area contributed by atoms with E-state index in [1.54, 1.807) is 18.2 Å². The Labute approximate surface area is 213 Å². The molecule has 0 bridgehead atoms. The SMILES string of the molecule is CCCOc1ccc(/C(O)=C2/C(=O)C(=O)N(c3ccc(C(C)(C)C)cc3)C2c2ccccc2)cc1C. The molecule has 1 N–H and O–H groups in total. The predicted molar refractivity (Wildman–Crippen MR) is 143 cm³/mol. The van der Waals surface area contributed by atoms with Crippen LogP contribution >= 0.6 is 0 Å². The second-order valence-corrected chi connectivity index (χ2v) is 10.2. The standard InChI is InChI=1S/C31H33NO4/c1-6-18-36-25-17-12-22(19-20(25)2)28(33)26-27(21-10-8-7-9-11-21)32(30(35)29(26)34)24-15-13-23(14-16-24)31(3,4)5/h7-17,19,27,33H,6,18H2,1-5H3/b28-26-. The average Bonchev–Trinajstić information content (AvgIpc) is 3.13. The minimum absolute atomic E-state index is 0.0452. The maximum absolute atomic E-state index is 13.4. The van der Waals surface area contributed by atoms with E-state index in [2.05, 4.69) is 20.8 Å². The number of benzene rings is 3. The van der Waals surface area contributed by atoms with Crippen LogP contribution in [-0.4, -0.2) is 23.4 Å². The number of aliphatic hydroxyl groups excluding tert-OH is 1. The van der Waals surface area contributed by atoms with E-state index >= 15 is 0 Å². The fourth-order valence-corrected chi connectivity index (χ4v) is 4.50. The van der Waals surface area contributed by atoms with Gasteiger partial charge in [0.25, 0.3) is 11.7 Å². The van der Waals surface area contributed by atoms with Crippen molar-refractivity contribution in [3.8, 4) is 5.75 Å². The number of hydrogen-bond acceptors (Lipinski definition) is 4. The van der Waals surface area contributed by atoms with Gasteiger partial charge < -0.3 is 9.84 Å². The van der Waals surface area contributed by atoms with E-state index in [0.717, 1.165) is 28.9 Å². The maximum atomic E-state index is 13.4. The molecule has 0 aromatic heterocycles. The minimum atomic E-state index is -0.747. The van der Waals surface area contributed by atoms with E-state index in [1.165, 1.54) is 4.90 Å². The summed E-state index contributed by atoms with van der Waals surface area (Å²) in [6, 6.07) is 21.6. The van der Waals surface area contributed by atoms with Crippen LogP contribution in [0.1, 0.15) is 62.4 Å². The van der Waals surface area contributed by atoms with Gasteiger partial charge in [-0.05, 0) is 65.8 Å². The van der Waals surface area contributed by atoms with Gasteiger partial charge in [-0.2, -0.15) is 0 Å². The molecular weight excluding hydrogens is 450 g/mol. The summed E-state index contributed by atoms with van der Waals surface area (Å²) in [6.07, 6.45) is 0.887. The average molecular weight is 484 g/mol. The molecule has 1 saturated heterocycles. The molecule has 1 amide bonds. The Balaban J connectivity index is 1.84. The second-order valence-electron chi connectivity index (χ2n) is 10.2. The Morgan fingerprint density at radius 3 is 2.22 bits per heavy atom. The van der Waals surface area contributed by atoms with Gasteiger partial charge in [0.2, 0.25) is 0 Å². The quantitative estimate of drug-likeness (QED) is 0.240. The molecule has 1 fully saturated rings. The Morgan fingerprint density at radius 2 is 1.64 bits per heavy atom. The summed E-state index contributed by atoms with van der Waals surface area (Å²) >= 11 is 0. The number of ketones is 1. The van der Waals surface area contributed by atoms with Crippen LogP contribution in [-0.2, 0) is 15.0 Å². The number of Topliss-reactive ketones (excluding diaryl/α,β-unsaturated/α-hetero) is 1. The van der Waals surface area contributed by atoms with Gasteiger partial charge in [0.05, 0.1) is 18.2 Å². The van der Waals surface area contributed by atoms with Gasteiger partial charge in [-0.1, -0.05) is 70.2 Å². The number of amides is 1.